The molecule has 98 valence electrons. The van der Waals surface area contributed by atoms with E-state index in [0.29, 0.717) is 0 Å². The first kappa shape index (κ1) is 12.7. The molecule has 0 unspecified atom stereocenters. The Labute approximate surface area is 104 Å². The minimum atomic E-state index is -3.60. The lowest BCUT2D eigenvalue weighted by Crippen LogP contribution is -2.23. The van der Waals surface area contributed by atoms with Crippen molar-refractivity contribution in [1.82, 2.24) is 19.4 Å². The molecule has 2 aromatic rings. The van der Waals surface area contributed by atoms with Gasteiger partial charge in [0.2, 0.25) is 16.4 Å². The van der Waals surface area contributed by atoms with E-state index in [1.54, 1.807) is 11.6 Å². The van der Waals surface area contributed by atoms with Gasteiger partial charge in [-0.3, -0.25) is 0 Å². The molecule has 0 spiro atoms. The number of nitrogens with two attached hydrogens (primary N) is 1. The van der Waals surface area contributed by atoms with Gasteiger partial charge in [-0.15, -0.1) is 0 Å². The molecule has 0 fully saturated rings. The number of aryl methyl sites for hydroxylation is 1. The van der Waals surface area contributed by atoms with Crippen LogP contribution in [0, 0.1) is 0 Å². The molecule has 0 aliphatic heterocycles. The maximum atomic E-state index is 12.0. The molecule has 8 nitrogen and oxygen atoms in total. The predicted molar refractivity (Wildman–Crippen MR) is 61.6 cm³/mol. The largest absolute Gasteiger partial charge is 0.352 e. The number of rotatable bonds is 5. The van der Waals surface area contributed by atoms with Crippen LogP contribution in [0.25, 0.3) is 0 Å². The Kier molecular flexibility index (Phi) is 3.45. The van der Waals surface area contributed by atoms with Crippen molar-refractivity contribution in [3.63, 3.8) is 0 Å². The van der Waals surface area contributed by atoms with Gasteiger partial charge in [0.1, 0.15) is 0 Å². The molecule has 0 amide bonds. The molecule has 0 saturated carbocycles. The fraction of sp³-hybridized carbons (Fsp3) is 0.333. The van der Waals surface area contributed by atoms with Crippen LogP contribution in [0.3, 0.4) is 0 Å². The summed E-state index contributed by atoms with van der Waals surface area (Å²) in [5, 5.41) is 3.51. The van der Waals surface area contributed by atoms with Gasteiger partial charge in [-0.25, -0.2) is 13.1 Å². The van der Waals surface area contributed by atoms with Crippen molar-refractivity contribution in [3.05, 3.63) is 30.2 Å². The van der Waals surface area contributed by atoms with Gasteiger partial charge in [-0.2, -0.15) is 4.98 Å². The molecule has 0 aliphatic rings. The van der Waals surface area contributed by atoms with E-state index in [4.69, 9.17) is 5.73 Å². The summed E-state index contributed by atoms with van der Waals surface area (Å²) in [7, 11) is -1.86. The first-order valence-electron chi connectivity index (χ1n) is 5.13. The van der Waals surface area contributed by atoms with E-state index in [1.807, 2.05) is 0 Å². The summed E-state index contributed by atoms with van der Waals surface area (Å²) < 4.78 is 32.5. The topological polar surface area (TPSA) is 116 Å². The second-order valence-corrected chi connectivity index (χ2v) is 5.42. The van der Waals surface area contributed by atoms with E-state index in [2.05, 4.69) is 19.4 Å². The van der Waals surface area contributed by atoms with E-state index >= 15 is 0 Å². The van der Waals surface area contributed by atoms with E-state index in [1.165, 1.54) is 12.3 Å². The van der Waals surface area contributed by atoms with Gasteiger partial charge in [0, 0.05) is 25.5 Å². The molecule has 9 heteroatoms. The minimum Gasteiger partial charge on any atom is -0.352 e. The smallest absolute Gasteiger partial charge is 0.242 e. The van der Waals surface area contributed by atoms with Gasteiger partial charge >= 0.3 is 0 Å². The molecule has 0 radical (unpaired) electrons. The number of hydrogen-bond acceptors (Lipinski definition) is 6. The second-order valence-electron chi connectivity index (χ2n) is 3.65. The fourth-order valence-electron chi connectivity index (χ4n) is 1.44. The molecule has 0 saturated heterocycles. The molecule has 0 aromatic carbocycles. The van der Waals surface area contributed by atoms with E-state index < -0.39 is 10.0 Å². The second kappa shape index (κ2) is 4.88. The number of hydrogen-bond donors (Lipinski definition) is 2. The normalized spacial score (nSPS) is 11.9. The quantitative estimate of drug-likeness (QED) is 0.746. The lowest BCUT2D eigenvalue weighted by molar-refractivity contribution is 0.409. The highest BCUT2D eigenvalue weighted by atomic mass is 32.2. The van der Waals surface area contributed by atoms with Crippen molar-refractivity contribution in [1.29, 1.82) is 0 Å². The Morgan fingerprint density at radius 2 is 2.33 bits per heavy atom. The number of nitrogens with one attached hydrogen (secondary N) is 1. The summed E-state index contributed by atoms with van der Waals surface area (Å²) in [6.07, 6.45) is 2.64. The third-order valence-corrected chi connectivity index (χ3v) is 3.80. The molecule has 0 bridgehead atoms. The minimum absolute atomic E-state index is 0.0221. The highest BCUT2D eigenvalue weighted by molar-refractivity contribution is 7.89. The van der Waals surface area contributed by atoms with Gasteiger partial charge in [-0.05, 0) is 6.07 Å². The molecule has 0 atom stereocenters. The summed E-state index contributed by atoms with van der Waals surface area (Å²) in [6.45, 7) is 0.253. The Hall–Kier alpha value is -1.71. The van der Waals surface area contributed by atoms with Crippen molar-refractivity contribution in [3.8, 4) is 0 Å². The zero-order valence-electron chi connectivity index (χ0n) is 9.70. The summed E-state index contributed by atoms with van der Waals surface area (Å²) in [6, 6.07) is 1.53. The lowest BCUT2D eigenvalue weighted by atomic mass is 10.4. The zero-order valence-corrected chi connectivity index (χ0v) is 10.5. The van der Waals surface area contributed by atoms with E-state index in [9.17, 15) is 8.42 Å². The molecule has 3 N–H and O–H groups in total. The van der Waals surface area contributed by atoms with E-state index in [0.717, 1.165) is 12.1 Å². The van der Waals surface area contributed by atoms with Crippen LogP contribution in [0.5, 0.6) is 0 Å². The summed E-state index contributed by atoms with van der Waals surface area (Å²) in [5.74, 6) is 0.272. The first-order valence-corrected chi connectivity index (χ1v) is 6.61. The van der Waals surface area contributed by atoms with E-state index in [-0.39, 0.29) is 23.8 Å². The molecule has 18 heavy (non-hydrogen) atoms. The van der Waals surface area contributed by atoms with Crippen molar-refractivity contribution in [2.24, 2.45) is 12.8 Å². The Bertz CT molecular complexity index is 617. The van der Waals surface area contributed by atoms with Crippen molar-refractivity contribution >= 4 is 10.0 Å². The maximum Gasteiger partial charge on any atom is 0.242 e. The number of aromatic nitrogens is 3. The summed E-state index contributed by atoms with van der Waals surface area (Å²) in [5.41, 5.74) is 6.22. The van der Waals surface area contributed by atoms with Crippen LogP contribution >= 0.6 is 0 Å². The molecular formula is C9H13N5O3S. The van der Waals surface area contributed by atoms with Crippen LogP contribution < -0.4 is 10.5 Å². The highest BCUT2D eigenvalue weighted by Gasteiger charge is 2.17. The Morgan fingerprint density at radius 3 is 2.89 bits per heavy atom. The van der Waals surface area contributed by atoms with Crippen LogP contribution in [0.2, 0.25) is 0 Å². The van der Waals surface area contributed by atoms with Crippen LogP contribution in [0.4, 0.5) is 0 Å². The zero-order chi connectivity index (χ0) is 13.2. The SMILES string of the molecule is Cn1cc(S(=O)(=O)NCc2ncon2)cc1CN. The fourth-order valence-corrected chi connectivity index (χ4v) is 2.51. The van der Waals surface area contributed by atoms with Gasteiger partial charge in [0.05, 0.1) is 11.4 Å². The lowest BCUT2D eigenvalue weighted by Gasteiger charge is -2.01. The standard InChI is InChI=1S/C9H13N5O3S/c1-14-5-8(2-7(14)3-10)18(15,16)12-4-9-11-6-17-13-9/h2,5-6,12H,3-4,10H2,1H3. The summed E-state index contributed by atoms with van der Waals surface area (Å²) >= 11 is 0. The number of nitrogens with zero attached hydrogens (tertiary/aromatic N) is 3. The van der Waals surface area contributed by atoms with Gasteiger partial charge in [0.25, 0.3) is 0 Å². The predicted octanol–water partition coefficient (Wildman–Crippen LogP) is -0.655. The maximum absolute atomic E-state index is 12.0. The van der Waals surface area contributed by atoms with Crippen molar-refractivity contribution in [2.75, 3.05) is 0 Å². The highest BCUT2D eigenvalue weighted by Crippen LogP contribution is 2.13. The van der Waals surface area contributed by atoms with Crippen LogP contribution in [-0.2, 0) is 30.2 Å². The third-order valence-electron chi connectivity index (χ3n) is 2.43. The monoisotopic (exact) mass is 271 g/mol. The molecule has 2 heterocycles. The average molecular weight is 271 g/mol. The average Bonchev–Trinajstić information content (AvgIpc) is 2.95. The van der Waals surface area contributed by atoms with Gasteiger partial charge in [-0.1, -0.05) is 5.16 Å². The molecular weight excluding hydrogens is 258 g/mol. The third kappa shape index (κ3) is 2.58. The van der Waals surface area contributed by atoms with Crippen LogP contribution in [0.1, 0.15) is 11.5 Å². The molecule has 2 aromatic heterocycles. The first-order chi connectivity index (χ1) is 8.53. The van der Waals surface area contributed by atoms with Crippen molar-refractivity contribution in [2.45, 2.75) is 18.0 Å². The van der Waals surface area contributed by atoms with Crippen molar-refractivity contribution < 1.29 is 12.9 Å². The van der Waals surface area contributed by atoms with Gasteiger partial charge < -0.3 is 14.8 Å². The summed E-state index contributed by atoms with van der Waals surface area (Å²) in [4.78, 5) is 3.88. The number of sulfonamides is 1. The molecule has 2 rings (SSSR count). The van der Waals surface area contributed by atoms with Gasteiger partial charge in [0.15, 0.2) is 5.82 Å². The van der Waals surface area contributed by atoms with Crippen LogP contribution in [-0.4, -0.2) is 23.1 Å². The Balaban J connectivity index is 2.14. The Morgan fingerprint density at radius 1 is 1.56 bits per heavy atom. The molecule has 0 aliphatic carbocycles. The van der Waals surface area contributed by atoms with Crippen LogP contribution in [0.15, 0.2) is 28.1 Å².